The molecule has 23 heavy (non-hydrogen) atoms. The zero-order valence-corrected chi connectivity index (χ0v) is 13.7. The van der Waals surface area contributed by atoms with Crippen molar-refractivity contribution in [3.05, 3.63) is 34.4 Å². The van der Waals surface area contributed by atoms with Crippen LogP contribution in [0.25, 0.3) is 0 Å². The standard InChI is InChI=1S/C16H25N3O4/c1-13(2)23-12-4-11-18-16(20)5-3-10-17-14-6-8-15(9-7-14)19(21)22/h6-9,13,17H,3-5,10-12H2,1-2H3,(H,18,20). The Kier molecular flexibility index (Phi) is 8.67. The van der Waals surface area contributed by atoms with E-state index in [1.165, 1.54) is 12.1 Å². The van der Waals surface area contributed by atoms with Crippen LogP contribution in [0.3, 0.4) is 0 Å². The first kappa shape index (κ1) is 18.9. The summed E-state index contributed by atoms with van der Waals surface area (Å²) in [5.41, 5.74) is 0.873. The lowest BCUT2D eigenvalue weighted by atomic mass is 10.2. The van der Waals surface area contributed by atoms with Crippen molar-refractivity contribution in [3.8, 4) is 0 Å². The van der Waals surface area contributed by atoms with Crippen LogP contribution in [0.2, 0.25) is 0 Å². The van der Waals surface area contributed by atoms with E-state index >= 15 is 0 Å². The highest BCUT2D eigenvalue weighted by atomic mass is 16.6. The highest BCUT2D eigenvalue weighted by Gasteiger charge is 2.04. The van der Waals surface area contributed by atoms with Crippen LogP contribution in [0.4, 0.5) is 11.4 Å². The van der Waals surface area contributed by atoms with Crippen molar-refractivity contribution >= 4 is 17.3 Å². The first-order valence-corrected chi connectivity index (χ1v) is 7.85. The minimum atomic E-state index is -0.430. The average molecular weight is 323 g/mol. The van der Waals surface area contributed by atoms with Gasteiger partial charge in [0.1, 0.15) is 0 Å². The highest BCUT2D eigenvalue weighted by molar-refractivity contribution is 5.75. The van der Waals surface area contributed by atoms with Crippen LogP contribution in [0, 0.1) is 10.1 Å². The van der Waals surface area contributed by atoms with Crippen molar-refractivity contribution in [2.45, 2.75) is 39.2 Å². The molecule has 1 aromatic carbocycles. The second kappa shape index (κ2) is 10.6. The van der Waals surface area contributed by atoms with Crippen molar-refractivity contribution in [3.63, 3.8) is 0 Å². The molecule has 0 aliphatic rings. The van der Waals surface area contributed by atoms with Crippen molar-refractivity contribution in [1.82, 2.24) is 5.32 Å². The lowest BCUT2D eigenvalue weighted by Crippen LogP contribution is -2.25. The smallest absolute Gasteiger partial charge is 0.269 e. The molecule has 0 aliphatic carbocycles. The maximum absolute atomic E-state index is 11.6. The number of nitrogens with zero attached hydrogens (tertiary/aromatic N) is 1. The summed E-state index contributed by atoms with van der Waals surface area (Å²) in [4.78, 5) is 21.7. The lowest BCUT2D eigenvalue weighted by Gasteiger charge is -2.09. The summed E-state index contributed by atoms with van der Waals surface area (Å²) < 4.78 is 5.39. The number of amides is 1. The number of non-ortho nitro benzene ring substituents is 1. The Morgan fingerprint density at radius 3 is 2.52 bits per heavy atom. The Morgan fingerprint density at radius 2 is 1.91 bits per heavy atom. The molecule has 1 amide bonds. The molecule has 0 saturated carbocycles. The molecule has 0 unspecified atom stereocenters. The normalized spacial score (nSPS) is 10.6. The molecule has 0 saturated heterocycles. The molecule has 0 heterocycles. The van der Waals surface area contributed by atoms with Crippen LogP contribution in [-0.4, -0.2) is 36.6 Å². The minimum absolute atomic E-state index is 0.0278. The Balaban J connectivity index is 2.07. The number of carbonyl (C=O) groups excluding carboxylic acids is 1. The van der Waals surface area contributed by atoms with Crippen LogP contribution >= 0.6 is 0 Å². The Labute approximate surface area is 136 Å². The fourth-order valence-corrected chi connectivity index (χ4v) is 1.89. The van der Waals surface area contributed by atoms with Gasteiger partial charge in [0.05, 0.1) is 11.0 Å². The first-order valence-electron chi connectivity index (χ1n) is 7.85. The molecule has 0 bridgehead atoms. The molecule has 0 atom stereocenters. The number of ether oxygens (including phenoxy) is 1. The Bertz CT molecular complexity index is 489. The number of hydrogen-bond acceptors (Lipinski definition) is 5. The molecule has 128 valence electrons. The monoisotopic (exact) mass is 323 g/mol. The average Bonchev–Trinajstić information content (AvgIpc) is 2.51. The van der Waals surface area contributed by atoms with Crippen molar-refractivity contribution < 1.29 is 14.5 Å². The van der Waals surface area contributed by atoms with Gasteiger partial charge < -0.3 is 15.4 Å². The third-order valence-corrected chi connectivity index (χ3v) is 3.08. The second-order valence-electron chi connectivity index (χ2n) is 5.46. The first-order chi connectivity index (χ1) is 11.0. The van der Waals surface area contributed by atoms with E-state index in [4.69, 9.17) is 4.74 Å². The van der Waals surface area contributed by atoms with Crippen molar-refractivity contribution in [2.24, 2.45) is 0 Å². The van der Waals surface area contributed by atoms with E-state index in [2.05, 4.69) is 10.6 Å². The van der Waals surface area contributed by atoms with Gasteiger partial charge in [0, 0.05) is 43.9 Å². The Hall–Kier alpha value is -2.15. The van der Waals surface area contributed by atoms with E-state index in [1.807, 2.05) is 13.8 Å². The largest absolute Gasteiger partial charge is 0.385 e. The maximum atomic E-state index is 11.6. The number of carbonyl (C=O) groups is 1. The molecule has 0 aromatic heterocycles. The molecule has 0 fully saturated rings. The maximum Gasteiger partial charge on any atom is 0.269 e. The zero-order valence-electron chi connectivity index (χ0n) is 13.7. The molecule has 7 heteroatoms. The molecule has 0 aliphatic heterocycles. The van der Waals surface area contributed by atoms with E-state index in [1.54, 1.807) is 12.1 Å². The van der Waals surface area contributed by atoms with Crippen molar-refractivity contribution in [2.75, 3.05) is 25.0 Å². The topological polar surface area (TPSA) is 93.5 Å². The van der Waals surface area contributed by atoms with Gasteiger partial charge in [0.25, 0.3) is 5.69 Å². The fourth-order valence-electron chi connectivity index (χ4n) is 1.89. The van der Waals surface area contributed by atoms with Crippen LogP contribution in [0.15, 0.2) is 24.3 Å². The third-order valence-electron chi connectivity index (χ3n) is 3.08. The molecule has 0 spiro atoms. The van der Waals surface area contributed by atoms with Gasteiger partial charge in [-0.15, -0.1) is 0 Å². The van der Waals surface area contributed by atoms with Gasteiger partial charge in [0.15, 0.2) is 0 Å². The van der Waals surface area contributed by atoms with Gasteiger partial charge in [0.2, 0.25) is 5.91 Å². The second-order valence-corrected chi connectivity index (χ2v) is 5.46. The van der Waals surface area contributed by atoms with E-state index in [-0.39, 0.29) is 17.7 Å². The number of nitro benzene ring substituents is 1. The van der Waals surface area contributed by atoms with Gasteiger partial charge in [-0.25, -0.2) is 0 Å². The zero-order chi connectivity index (χ0) is 17.1. The molecular formula is C16H25N3O4. The lowest BCUT2D eigenvalue weighted by molar-refractivity contribution is -0.384. The number of nitro groups is 1. The van der Waals surface area contributed by atoms with Crippen LogP contribution in [-0.2, 0) is 9.53 Å². The van der Waals surface area contributed by atoms with Crippen LogP contribution in [0.5, 0.6) is 0 Å². The van der Waals surface area contributed by atoms with Gasteiger partial charge in [-0.05, 0) is 38.8 Å². The number of anilines is 1. The predicted molar refractivity (Wildman–Crippen MR) is 89.5 cm³/mol. The number of hydrogen-bond donors (Lipinski definition) is 2. The van der Waals surface area contributed by atoms with E-state index in [9.17, 15) is 14.9 Å². The van der Waals surface area contributed by atoms with E-state index in [0.29, 0.717) is 32.5 Å². The molecule has 2 N–H and O–H groups in total. The molecular weight excluding hydrogens is 298 g/mol. The fraction of sp³-hybridized carbons (Fsp3) is 0.562. The van der Waals surface area contributed by atoms with Gasteiger partial charge in [-0.2, -0.15) is 0 Å². The summed E-state index contributed by atoms with van der Waals surface area (Å²) in [5.74, 6) is 0.0278. The Morgan fingerprint density at radius 1 is 1.22 bits per heavy atom. The van der Waals surface area contributed by atoms with Gasteiger partial charge in [-0.1, -0.05) is 0 Å². The third kappa shape index (κ3) is 8.77. The molecule has 7 nitrogen and oxygen atoms in total. The number of benzene rings is 1. The molecule has 1 aromatic rings. The summed E-state index contributed by atoms with van der Waals surface area (Å²) in [7, 11) is 0. The van der Waals surface area contributed by atoms with E-state index < -0.39 is 4.92 Å². The summed E-state index contributed by atoms with van der Waals surface area (Å²) in [6.07, 6.45) is 2.18. The predicted octanol–water partition coefficient (Wildman–Crippen LogP) is 2.72. The molecule has 0 radical (unpaired) electrons. The quantitative estimate of drug-likeness (QED) is 0.371. The summed E-state index contributed by atoms with van der Waals surface area (Å²) in [5, 5.41) is 16.5. The summed E-state index contributed by atoms with van der Waals surface area (Å²) >= 11 is 0. The molecule has 1 rings (SSSR count). The number of rotatable bonds is 11. The highest BCUT2D eigenvalue weighted by Crippen LogP contribution is 2.15. The van der Waals surface area contributed by atoms with Crippen LogP contribution < -0.4 is 10.6 Å². The number of nitrogens with one attached hydrogen (secondary N) is 2. The SMILES string of the molecule is CC(C)OCCCNC(=O)CCCNc1ccc([N+](=O)[O-])cc1. The van der Waals surface area contributed by atoms with Crippen LogP contribution in [0.1, 0.15) is 33.1 Å². The minimum Gasteiger partial charge on any atom is -0.385 e. The van der Waals surface area contributed by atoms with Gasteiger partial charge >= 0.3 is 0 Å². The summed E-state index contributed by atoms with van der Waals surface area (Å²) in [6.45, 7) is 5.88. The van der Waals surface area contributed by atoms with Crippen molar-refractivity contribution in [1.29, 1.82) is 0 Å². The van der Waals surface area contributed by atoms with E-state index in [0.717, 1.165) is 12.1 Å². The van der Waals surface area contributed by atoms with Gasteiger partial charge in [-0.3, -0.25) is 14.9 Å². The summed E-state index contributed by atoms with van der Waals surface area (Å²) in [6, 6.07) is 6.22.